The van der Waals surface area contributed by atoms with Gasteiger partial charge in [-0.2, -0.15) is 0 Å². The topological polar surface area (TPSA) is 61.2 Å². The first-order valence-corrected chi connectivity index (χ1v) is 7.56. The first-order valence-electron chi connectivity index (χ1n) is 7.56. The van der Waals surface area contributed by atoms with E-state index in [-0.39, 0.29) is 12.5 Å². The van der Waals surface area contributed by atoms with Gasteiger partial charge in [0.2, 0.25) is 5.91 Å². The molecule has 0 fully saturated rings. The van der Waals surface area contributed by atoms with E-state index in [1.165, 1.54) is 49.8 Å². The van der Waals surface area contributed by atoms with E-state index in [1.54, 1.807) is 7.05 Å². The number of likely N-dealkylation sites (N-methyl/N-ethyl adjacent to an activating group) is 1. The summed E-state index contributed by atoms with van der Waals surface area (Å²) in [5.74, 6) is -0.730. The first kappa shape index (κ1) is 17.9. The van der Waals surface area contributed by atoms with Crippen molar-refractivity contribution in [2.45, 2.75) is 71.1 Å². The lowest BCUT2D eigenvalue weighted by Gasteiger charge is -2.14. The van der Waals surface area contributed by atoms with Crippen LogP contribution in [-0.4, -0.2) is 30.3 Å². The summed E-state index contributed by atoms with van der Waals surface area (Å²) in [5, 5.41) is 0. The third-order valence-electron chi connectivity index (χ3n) is 3.30. The van der Waals surface area contributed by atoms with E-state index in [0.29, 0.717) is 6.42 Å². The van der Waals surface area contributed by atoms with Gasteiger partial charge in [-0.05, 0) is 6.42 Å². The molecule has 0 atom stereocenters. The number of nitrogens with zero attached hydrogens (tertiary/aromatic N) is 1. The van der Waals surface area contributed by atoms with Gasteiger partial charge in [0.25, 0.3) is 5.91 Å². The summed E-state index contributed by atoms with van der Waals surface area (Å²) in [7, 11) is 1.59. The summed E-state index contributed by atoms with van der Waals surface area (Å²) in [4.78, 5) is 23.5. The lowest BCUT2D eigenvalue weighted by Crippen LogP contribution is -2.32. The summed E-state index contributed by atoms with van der Waals surface area (Å²) in [6.45, 7) is 2.14. The van der Waals surface area contributed by atoms with Crippen LogP contribution in [0.2, 0.25) is 0 Å². The minimum atomic E-state index is -0.706. The van der Waals surface area contributed by atoms with E-state index in [4.69, 9.17) is 5.73 Å². The number of amides is 2. The average Bonchev–Trinajstić information content (AvgIpc) is 2.35. The Morgan fingerprint density at radius 3 is 1.84 bits per heavy atom. The summed E-state index contributed by atoms with van der Waals surface area (Å²) in [5.41, 5.74) is 6.81. The summed E-state index contributed by atoms with van der Waals surface area (Å²) in [6, 6.07) is 0. The van der Waals surface area contributed by atoms with E-state index < -0.39 is 5.91 Å². The highest BCUT2D eigenvalue weighted by molar-refractivity contribution is 5.83. The van der Waals surface area contributed by atoms with Gasteiger partial charge in [0, 0.05) is 13.5 Å². The highest BCUT2D eigenvalue weighted by Gasteiger charge is 2.10. The maximum absolute atomic E-state index is 11.6. The molecule has 4 nitrogen and oxygen atoms in total. The largest absolute Gasteiger partial charge is 0.336 e. The fraction of sp³-hybridized carbons (Fsp3) is 0.867. The number of hydrogen-bond donors (Lipinski definition) is 0. The van der Waals surface area contributed by atoms with Crippen LogP contribution in [0.3, 0.4) is 0 Å². The number of rotatable bonds is 12. The van der Waals surface area contributed by atoms with E-state index >= 15 is 0 Å². The lowest BCUT2D eigenvalue weighted by atomic mass is 10.1. The predicted octanol–water partition coefficient (Wildman–Crippen LogP) is 3.18. The Morgan fingerprint density at radius 2 is 1.37 bits per heavy atom. The Kier molecular flexibility index (Phi) is 11.3. The van der Waals surface area contributed by atoms with Gasteiger partial charge in [0.15, 0.2) is 0 Å². The maximum atomic E-state index is 11.6. The molecule has 0 spiro atoms. The van der Waals surface area contributed by atoms with Crippen molar-refractivity contribution in [1.29, 1.82) is 0 Å². The second-order valence-electron chi connectivity index (χ2n) is 5.25. The minimum Gasteiger partial charge on any atom is -0.336 e. The highest BCUT2D eigenvalue weighted by atomic mass is 16.2. The first-order chi connectivity index (χ1) is 9.07. The molecule has 0 saturated carbocycles. The van der Waals surface area contributed by atoms with Gasteiger partial charge < -0.3 is 4.90 Å². The second-order valence-corrected chi connectivity index (χ2v) is 5.25. The van der Waals surface area contributed by atoms with Crippen LogP contribution < -0.4 is 5.73 Å². The molecule has 4 heteroatoms. The number of carbonyl (C=O) groups is 2. The van der Waals surface area contributed by atoms with Gasteiger partial charge in [-0.1, -0.05) is 58.3 Å². The molecule has 0 aromatic carbocycles. The van der Waals surface area contributed by atoms with Crippen LogP contribution in [0.1, 0.15) is 71.1 Å². The lowest BCUT2D eigenvalue weighted by molar-refractivity contribution is -0.134. The number of hydrogen-bond acceptors (Lipinski definition) is 2. The smallest absolute Gasteiger partial charge is 0.257 e. The fourth-order valence-electron chi connectivity index (χ4n) is 2.08. The molecule has 0 unspecified atom stereocenters. The molecule has 0 bridgehead atoms. The molecule has 0 saturated heterocycles. The van der Waals surface area contributed by atoms with Crippen molar-refractivity contribution < 1.29 is 9.59 Å². The molecule has 19 heavy (non-hydrogen) atoms. The van der Waals surface area contributed by atoms with E-state index in [9.17, 15) is 9.59 Å². The molecule has 1 radical (unpaired) electrons. The number of carbonyl (C=O) groups excluding carboxylic acids is 2. The maximum Gasteiger partial charge on any atom is 0.257 e. The Bertz CT molecular complexity index is 255. The van der Waals surface area contributed by atoms with Crippen molar-refractivity contribution in [3.8, 4) is 0 Å². The third-order valence-corrected chi connectivity index (χ3v) is 3.30. The average molecular weight is 269 g/mol. The molecule has 0 aromatic rings. The van der Waals surface area contributed by atoms with Gasteiger partial charge in [-0.3, -0.25) is 15.3 Å². The summed E-state index contributed by atoms with van der Waals surface area (Å²) in [6.07, 6.45) is 11.6. The van der Waals surface area contributed by atoms with Gasteiger partial charge in [0.1, 0.15) is 6.54 Å². The van der Waals surface area contributed by atoms with Crippen molar-refractivity contribution in [3.63, 3.8) is 0 Å². The molecule has 0 aliphatic rings. The van der Waals surface area contributed by atoms with E-state index in [2.05, 4.69) is 6.92 Å². The third kappa shape index (κ3) is 11.7. The van der Waals surface area contributed by atoms with Crippen LogP contribution in [0.4, 0.5) is 0 Å². The minimum absolute atomic E-state index is 0.0245. The van der Waals surface area contributed by atoms with E-state index in [1.807, 2.05) is 0 Å². The molecular formula is C15H29N2O2. The molecule has 0 rings (SSSR count). The zero-order chi connectivity index (χ0) is 14.5. The Balaban J connectivity index is 3.34. The van der Waals surface area contributed by atoms with Crippen LogP contribution in [0, 0.1) is 0 Å². The summed E-state index contributed by atoms with van der Waals surface area (Å²) >= 11 is 0. The van der Waals surface area contributed by atoms with Crippen molar-refractivity contribution in [2.75, 3.05) is 13.6 Å². The quantitative estimate of drug-likeness (QED) is 0.511. The Morgan fingerprint density at radius 1 is 0.895 bits per heavy atom. The Hall–Kier alpha value is -1.06. The van der Waals surface area contributed by atoms with Crippen molar-refractivity contribution in [3.05, 3.63) is 0 Å². The Labute approximate surface area is 117 Å². The van der Waals surface area contributed by atoms with Gasteiger partial charge in [-0.15, -0.1) is 0 Å². The fourth-order valence-corrected chi connectivity index (χ4v) is 2.08. The van der Waals surface area contributed by atoms with Crippen LogP contribution in [0.25, 0.3) is 0 Å². The highest BCUT2D eigenvalue weighted by Crippen LogP contribution is 2.10. The SMILES string of the molecule is CCCCCCCCCCCC(=O)N(C)CC([NH])=O. The molecule has 2 amide bonds. The normalized spacial score (nSPS) is 10.4. The van der Waals surface area contributed by atoms with Crippen LogP contribution in [-0.2, 0) is 9.59 Å². The zero-order valence-corrected chi connectivity index (χ0v) is 12.5. The summed E-state index contributed by atoms with van der Waals surface area (Å²) < 4.78 is 0. The number of nitrogens with one attached hydrogen (secondary N) is 1. The molecular weight excluding hydrogens is 240 g/mol. The molecule has 111 valence electrons. The molecule has 0 heterocycles. The van der Waals surface area contributed by atoms with Gasteiger partial charge >= 0.3 is 0 Å². The second kappa shape index (κ2) is 12.0. The molecule has 0 aliphatic carbocycles. The van der Waals surface area contributed by atoms with Gasteiger partial charge in [-0.25, -0.2) is 0 Å². The predicted molar refractivity (Wildman–Crippen MR) is 77.6 cm³/mol. The van der Waals surface area contributed by atoms with Crippen molar-refractivity contribution in [2.24, 2.45) is 0 Å². The van der Waals surface area contributed by atoms with Crippen LogP contribution in [0.5, 0.6) is 0 Å². The van der Waals surface area contributed by atoms with Crippen molar-refractivity contribution in [1.82, 2.24) is 10.6 Å². The molecule has 1 N–H and O–H groups in total. The van der Waals surface area contributed by atoms with Gasteiger partial charge in [0.05, 0.1) is 0 Å². The standard InChI is InChI=1S/C15H29N2O2/c1-3-4-5-6-7-8-9-10-11-12-15(19)17(2)13-14(16)18/h16H,3-13H2,1-2H3. The van der Waals surface area contributed by atoms with E-state index in [0.717, 1.165) is 12.8 Å². The molecule has 0 aliphatic heterocycles. The zero-order valence-electron chi connectivity index (χ0n) is 12.5. The monoisotopic (exact) mass is 269 g/mol. The van der Waals surface area contributed by atoms with Crippen molar-refractivity contribution >= 4 is 11.8 Å². The van der Waals surface area contributed by atoms with Crippen LogP contribution >= 0.6 is 0 Å². The number of unbranched alkanes of at least 4 members (excludes halogenated alkanes) is 8. The molecule has 0 aromatic heterocycles. The van der Waals surface area contributed by atoms with Crippen LogP contribution in [0.15, 0.2) is 0 Å².